The molecular weight excluding hydrogens is 381 g/mol. The Balaban J connectivity index is 1.77. The van der Waals surface area contributed by atoms with E-state index < -0.39 is 17.3 Å². The molecule has 1 unspecified atom stereocenters. The Bertz CT molecular complexity index is 883. The number of benzene rings is 2. The van der Waals surface area contributed by atoms with Gasteiger partial charge in [-0.2, -0.15) is 13.2 Å². The molecule has 2 aromatic carbocycles. The molecule has 1 amide bonds. The lowest BCUT2D eigenvalue weighted by molar-refractivity contribution is -0.139. The first-order chi connectivity index (χ1) is 13.7. The van der Waals surface area contributed by atoms with Crippen molar-refractivity contribution in [3.8, 4) is 5.75 Å². The Morgan fingerprint density at radius 3 is 2.66 bits per heavy atom. The number of nitrogens with one attached hydrogen (secondary N) is 1. The number of carbonyl (C=O) groups excluding carboxylic acids is 1. The number of halogens is 3. The predicted octanol–water partition coefficient (Wildman–Crippen LogP) is 4.87. The fourth-order valence-corrected chi connectivity index (χ4v) is 3.42. The third-order valence-electron chi connectivity index (χ3n) is 4.93. The van der Waals surface area contributed by atoms with Crippen LogP contribution in [-0.4, -0.2) is 29.4 Å². The molecule has 1 fully saturated rings. The summed E-state index contributed by atoms with van der Waals surface area (Å²) in [6, 6.07) is 13.0. The van der Waals surface area contributed by atoms with Gasteiger partial charge in [-0.3, -0.25) is 4.79 Å². The molecule has 0 aromatic heterocycles. The summed E-state index contributed by atoms with van der Waals surface area (Å²) in [7, 11) is 0. The number of anilines is 1. The molecule has 7 heteroatoms. The zero-order chi connectivity index (χ0) is 21.1. The minimum Gasteiger partial charge on any atom is -0.488 e. The topological polar surface area (TPSA) is 41.6 Å². The fraction of sp³-hybridized carbons (Fsp3) is 0.318. The highest BCUT2D eigenvalue weighted by Gasteiger charge is 2.37. The first-order valence-corrected chi connectivity index (χ1v) is 9.28. The number of ether oxygens (including phenoxy) is 1. The van der Waals surface area contributed by atoms with Gasteiger partial charge in [0.2, 0.25) is 5.91 Å². The molecule has 3 rings (SSSR count). The molecule has 29 heavy (non-hydrogen) atoms. The molecule has 0 saturated carbocycles. The summed E-state index contributed by atoms with van der Waals surface area (Å²) in [5.41, 5.74) is -0.236. The van der Waals surface area contributed by atoms with Crippen molar-refractivity contribution in [1.29, 1.82) is 0 Å². The summed E-state index contributed by atoms with van der Waals surface area (Å²) < 4.78 is 46.3. The Morgan fingerprint density at radius 1 is 1.28 bits per heavy atom. The summed E-state index contributed by atoms with van der Waals surface area (Å²) >= 11 is 0. The van der Waals surface area contributed by atoms with Gasteiger partial charge in [0.1, 0.15) is 12.4 Å². The summed E-state index contributed by atoms with van der Waals surface area (Å²) in [6.07, 6.45) is -2.68. The molecule has 1 aliphatic rings. The number of rotatable bonds is 6. The van der Waals surface area contributed by atoms with E-state index in [9.17, 15) is 18.0 Å². The average Bonchev–Trinajstić information content (AvgIpc) is 3.08. The van der Waals surface area contributed by atoms with Crippen molar-refractivity contribution in [2.24, 2.45) is 0 Å². The van der Waals surface area contributed by atoms with Crippen molar-refractivity contribution < 1.29 is 22.7 Å². The standard InChI is InChI=1S/C22H23F3N2O2/c1-3-20(28)27-12-11-21(2,15-27)26-17-9-10-19(18(13-17)22(23,24)25)29-14-16-7-5-4-6-8-16/h3-10,13,26H,1,11-12,14-15H2,2H3. The van der Waals surface area contributed by atoms with Crippen LogP contribution in [0.5, 0.6) is 5.75 Å². The summed E-state index contributed by atoms with van der Waals surface area (Å²) in [5.74, 6) is -0.400. The summed E-state index contributed by atoms with van der Waals surface area (Å²) in [6.45, 7) is 6.33. The number of alkyl halides is 3. The van der Waals surface area contributed by atoms with Gasteiger partial charge in [0, 0.05) is 18.8 Å². The molecule has 1 atom stereocenters. The first kappa shape index (κ1) is 20.8. The second-order valence-electron chi connectivity index (χ2n) is 7.38. The lowest BCUT2D eigenvalue weighted by Crippen LogP contribution is -2.39. The zero-order valence-corrected chi connectivity index (χ0v) is 16.1. The summed E-state index contributed by atoms with van der Waals surface area (Å²) in [5, 5.41) is 3.16. The van der Waals surface area contributed by atoms with E-state index in [4.69, 9.17) is 4.74 Å². The maximum absolute atomic E-state index is 13.6. The highest BCUT2D eigenvalue weighted by Crippen LogP contribution is 2.39. The van der Waals surface area contributed by atoms with Crippen LogP contribution in [0.4, 0.5) is 18.9 Å². The van der Waals surface area contributed by atoms with Crippen LogP contribution in [0, 0.1) is 0 Å². The molecule has 0 aliphatic carbocycles. The number of hydrogen-bond acceptors (Lipinski definition) is 3. The van der Waals surface area contributed by atoms with Gasteiger partial charge in [-0.1, -0.05) is 36.9 Å². The van der Waals surface area contributed by atoms with Crippen molar-refractivity contribution >= 4 is 11.6 Å². The SMILES string of the molecule is C=CC(=O)N1CCC(C)(Nc2ccc(OCc3ccccc3)c(C(F)(F)F)c2)C1. The molecule has 0 bridgehead atoms. The van der Waals surface area contributed by atoms with Gasteiger partial charge in [-0.25, -0.2) is 0 Å². The monoisotopic (exact) mass is 404 g/mol. The average molecular weight is 404 g/mol. The van der Waals surface area contributed by atoms with E-state index in [1.165, 1.54) is 12.1 Å². The second kappa shape index (κ2) is 8.19. The van der Waals surface area contributed by atoms with Gasteiger partial charge >= 0.3 is 6.18 Å². The minimum absolute atomic E-state index is 0.0486. The van der Waals surface area contributed by atoms with Crippen LogP contribution < -0.4 is 10.1 Å². The largest absolute Gasteiger partial charge is 0.488 e. The van der Waals surface area contributed by atoms with E-state index in [1.807, 2.05) is 13.0 Å². The molecule has 0 radical (unpaired) electrons. The number of hydrogen-bond donors (Lipinski definition) is 1. The number of likely N-dealkylation sites (tertiary alicyclic amines) is 1. The number of carbonyl (C=O) groups is 1. The molecule has 4 nitrogen and oxygen atoms in total. The van der Waals surface area contributed by atoms with Crippen molar-refractivity contribution in [1.82, 2.24) is 4.90 Å². The van der Waals surface area contributed by atoms with Crippen LogP contribution in [0.15, 0.2) is 61.2 Å². The van der Waals surface area contributed by atoms with Crippen LogP contribution in [0.25, 0.3) is 0 Å². The molecule has 154 valence electrons. The third-order valence-corrected chi connectivity index (χ3v) is 4.93. The number of amides is 1. The maximum Gasteiger partial charge on any atom is 0.420 e. The Labute approximate surface area is 168 Å². The summed E-state index contributed by atoms with van der Waals surface area (Å²) in [4.78, 5) is 13.4. The predicted molar refractivity (Wildman–Crippen MR) is 106 cm³/mol. The van der Waals surface area contributed by atoms with Crippen LogP contribution in [0.3, 0.4) is 0 Å². The maximum atomic E-state index is 13.6. The molecular formula is C22H23F3N2O2. The van der Waals surface area contributed by atoms with E-state index in [2.05, 4.69) is 11.9 Å². The quantitative estimate of drug-likeness (QED) is 0.699. The zero-order valence-electron chi connectivity index (χ0n) is 16.1. The van der Waals surface area contributed by atoms with Crippen molar-refractivity contribution in [2.75, 3.05) is 18.4 Å². The van der Waals surface area contributed by atoms with E-state index >= 15 is 0 Å². The van der Waals surface area contributed by atoms with Crippen LogP contribution in [0.1, 0.15) is 24.5 Å². The molecule has 1 N–H and O–H groups in total. The molecule has 1 heterocycles. The van der Waals surface area contributed by atoms with Gasteiger partial charge in [0.25, 0.3) is 0 Å². The fourth-order valence-electron chi connectivity index (χ4n) is 3.42. The third kappa shape index (κ3) is 5.10. The Hall–Kier alpha value is -2.96. The van der Waals surface area contributed by atoms with Crippen LogP contribution in [0.2, 0.25) is 0 Å². The lowest BCUT2D eigenvalue weighted by atomic mass is 10.0. The van der Waals surface area contributed by atoms with Gasteiger partial charge in [0.15, 0.2) is 0 Å². The van der Waals surface area contributed by atoms with Crippen molar-refractivity contribution in [3.05, 3.63) is 72.3 Å². The Kier molecular flexibility index (Phi) is 5.86. The molecule has 1 aliphatic heterocycles. The Morgan fingerprint density at radius 2 is 2.00 bits per heavy atom. The van der Waals surface area contributed by atoms with Crippen LogP contribution >= 0.6 is 0 Å². The van der Waals surface area contributed by atoms with E-state index in [0.717, 1.165) is 11.6 Å². The highest BCUT2D eigenvalue weighted by molar-refractivity contribution is 5.87. The van der Waals surface area contributed by atoms with E-state index in [1.54, 1.807) is 35.2 Å². The first-order valence-electron chi connectivity index (χ1n) is 9.28. The normalized spacial score (nSPS) is 19.1. The van der Waals surface area contributed by atoms with Gasteiger partial charge < -0.3 is 15.0 Å². The highest BCUT2D eigenvalue weighted by atomic mass is 19.4. The second-order valence-corrected chi connectivity index (χ2v) is 7.38. The van der Waals surface area contributed by atoms with E-state index in [0.29, 0.717) is 25.2 Å². The lowest BCUT2D eigenvalue weighted by Gasteiger charge is -2.28. The minimum atomic E-state index is -4.55. The molecule has 0 spiro atoms. The smallest absolute Gasteiger partial charge is 0.420 e. The van der Waals surface area contributed by atoms with Crippen molar-refractivity contribution in [3.63, 3.8) is 0 Å². The van der Waals surface area contributed by atoms with Crippen molar-refractivity contribution in [2.45, 2.75) is 31.7 Å². The van der Waals surface area contributed by atoms with E-state index in [-0.39, 0.29) is 18.3 Å². The van der Waals surface area contributed by atoms with Crippen LogP contribution in [-0.2, 0) is 17.6 Å². The van der Waals surface area contributed by atoms with Gasteiger partial charge in [-0.15, -0.1) is 0 Å². The number of nitrogens with zero attached hydrogens (tertiary/aromatic N) is 1. The molecule has 2 aromatic rings. The van der Waals surface area contributed by atoms with Gasteiger partial charge in [-0.05, 0) is 43.2 Å². The molecule has 1 saturated heterocycles. The van der Waals surface area contributed by atoms with Gasteiger partial charge in [0.05, 0.1) is 11.1 Å².